The number of piperazine rings is 1. The number of benzene rings is 1. The van der Waals surface area contributed by atoms with Gasteiger partial charge >= 0.3 is 0 Å². The fourth-order valence-corrected chi connectivity index (χ4v) is 3.40. The number of aromatic nitrogens is 2. The number of nitrogens with zero attached hydrogens (tertiary/aromatic N) is 5. The number of guanidine groups is 1. The molecule has 2 heterocycles. The summed E-state index contributed by atoms with van der Waals surface area (Å²) in [5, 5.41) is 11.1. The molecule has 7 nitrogen and oxygen atoms in total. The van der Waals surface area contributed by atoms with Gasteiger partial charge in [0.1, 0.15) is 0 Å². The molecular formula is C21H34IN7. The Hall–Kier alpha value is -1.65. The summed E-state index contributed by atoms with van der Waals surface area (Å²) in [5.74, 6) is 0.900. The maximum absolute atomic E-state index is 4.82. The van der Waals surface area contributed by atoms with Crippen molar-refractivity contribution >= 4 is 29.9 Å². The Morgan fingerprint density at radius 2 is 1.97 bits per heavy atom. The first-order chi connectivity index (χ1) is 13.7. The normalized spacial score (nSPS) is 18.3. The van der Waals surface area contributed by atoms with Crippen LogP contribution in [0.2, 0.25) is 0 Å². The molecule has 2 aromatic rings. The number of rotatable bonds is 7. The summed E-state index contributed by atoms with van der Waals surface area (Å²) in [6, 6.07) is 10.9. The molecule has 3 rings (SSSR count). The Balaban J connectivity index is 0.00000300. The van der Waals surface area contributed by atoms with Crippen molar-refractivity contribution in [2.75, 3.05) is 53.4 Å². The second-order valence-corrected chi connectivity index (χ2v) is 7.41. The molecule has 1 aromatic heterocycles. The van der Waals surface area contributed by atoms with Gasteiger partial charge in [0.25, 0.3) is 0 Å². The van der Waals surface area contributed by atoms with Crippen molar-refractivity contribution in [3.05, 3.63) is 48.3 Å². The minimum Gasteiger partial charge on any atom is -0.357 e. The quantitative estimate of drug-likeness (QED) is 0.338. The average molecular weight is 511 g/mol. The highest BCUT2D eigenvalue weighted by Gasteiger charge is 2.21. The second-order valence-electron chi connectivity index (χ2n) is 7.41. The Morgan fingerprint density at radius 1 is 1.17 bits per heavy atom. The minimum atomic E-state index is 0. The van der Waals surface area contributed by atoms with E-state index >= 15 is 0 Å². The van der Waals surface area contributed by atoms with Crippen molar-refractivity contribution in [2.45, 2.75) is 19.4 Å². The summed E-state index contributed by atoms with van der Waals surface area (Å²) >= 11 is 0. The molecule has 1 fully saturated rings. The molecule has 0 saturated carbocycles. The fraction of sp³-hybridized carbons (Fsp3) is 0.524. The zero-order valence-corrected chi connectivity index (χ0v) is 20.0. The standard InChI is InChI=1S/C21H33N7.HI/c1-4-22-21(24-16-20-17-26(2)14-15-27(20)3)23-12-10-18-6-8-19(9-7-18)28-13-5-11-25-28;/h5-9,11,13,20H,4,10,12,14-17H2,1-3H3,(H2,22,23,24);1H. The third-order valence-corrected chi connectivity index (χ3v) is 5.20. The highest BCUT2D eigenvalue weighted by atomic mass is 127. The van der Waals surface area contributed by atoms with Gasteiger partial charge in [-0.1, -0.05) is 12.1 Å². The lowest BCUT2D eigenvalue weighted by Crippen LogP contribution is -2.51. The van der Waals surface area contributed by atoms with E-state index in [2.05, 4.69) is 70.8 Å². The molecule has 0 spiro atoms. The first-order valence-electron chi connectivity index (χ1n) is 10.2. The van der Waals surface area contributed by atoms with Gasteiger partial charge in [0.15, 0.2) is 5.96 Å². The molecule has 1 aromatic carbocycles. The van der Waals surface area contributed by atoms with Gasteiger partial charge in [-0.2, -0.15) is 5.10 Å². The van der Waals surface area contributed by atoms with Crippen LogP contribution in [0.25, 0.3) is 5.69 Å². The topological polar surface area (TPSA) is 60.7 Å². The first-order valence-corrected chi connectivity index (χ1v) is 10.2. The Labute approximate surface area is 191 Å². The van der Waals surface area contributed by atoms with Crippen molar-refractivity contribution in [1.29, 1.82) is 0 Å². The van der Waals surface area contributed by atoms with Crippen LogP contribution in [0.3, 0.4) is 0 Å². The summed E-state index contributed by atoms with van der Waals surface area (Å²) < 4.78 is 1.87. The van der Waals surface area contributed by atoms with Crippen LogP contribution in [0.5, 0.6) is 0 Å². The van der Waals surface area contributed by atoms with Crippen molar-refractivity contribution in [3.63, 3.8) is 0 Å². The van der Waals surface area contributed by atoms with E-state index in [0.29, 0.717) is 6.04 Å². The van der Waals surface area contributed by atoms with Gasteiger partial charge in [-0.05, 0) is 51.2 Å². The zero-order chi connectivity index (χ0) is 19.8. The number of nitrogens with one attached hydrogen (secondary N) is 2. The van der Waals surface area contributed by atoms with Gasteiger partial charge in [0, 0.05) is 51.2 Å². The second kappa shape index (κ2) is 12.1. The maximum atomic E-state index is 4.82. The van der Waals surface area contributed by atoms with Crippen LogP contribution in [-0.4, -0.2) is 84.9 Å². The predicted molar refractivity (Wildman–Crippen MR) is 131 cm³/mol. The molecule has 0 amide bonds. The molecule has 8 heteroatoms. The van der Waals surface area contributed by atoms with Gasteiger partial charge in [-0.15, -0.1) is 24.0 Å². The third-order valence-electron chi connectivity index (χ3n) is 5.20. The predicted octanol–water partition coefficient (Wildman–Crippen LogP) is 1.83. The number of likely N-dealkylation sites (N-methyl/N-ethyl adjacent to an activating group) is 2. The molecule has 0 radical (unpaired) electrons. The van der Waals surface area contributed by atoms with E-state index < -0.39 is 0 Å². The van der Waals surface area contributed by atoms with Crippen LogP contribution in [-0.2, 0) is 6.42 Å². The molecule has 160 valence electrons. The van der Waals surface area contributed by atoms with Crippen LogP contribution in [0.15, 0.2) is 47.7 Å². The lowest BCUT2D eigenvalue weighted by molar-refractivity contribution is 0.119. The molecule has 0 bridgehead atoms. The van der Waals surface area contributed by atoms with Crippen molar-refractivity contribution < 1.29 is 0 Å². The van der Waals surface area contributed by atoms with Gasteiger partial charge in [0.05, 0.1) is 12.2 Å². The summed E-state index contributed by atoms with van der Waals surface area (Å²) in [7, 11) is 4.38. The van der Waals surface area contributed by atoms with E-state index in [1.54, 1.807) is 6.20 Å². The molecular weight excluding hydrogens is 477 g/mol. The van der Waals surface area contributed by atoms with Crippen molar-refractivity contribution in [2.24, 2.45) is 4.99 Å². The molecule has 1 aliphatic rings. The zero-order valence-electron chi connectivity index (χ0n) is 17.7. The van der Waals surface area contributed by atoms with Crippen LogP contribution in [0.1, 0.15) is 12.5 Å². The summed E-state index contributed by atoms with van der Waals surface area (Å²) in [6.07, 6.45) is 4.70. The van der Waals surface area contributed by atoms with Crippen LogP contribution >= 0.6 is 24.0 Å². The Bertz CT molecular complexity index is 730. The number of aliphatic imine (C=N–C) groups is 1. The van der Waals surface area contributed by atoms with E-state index in [-0.39, 0.29) is 24.0 Å². The van der Waals surface area contributed by atoms with Crippen LogP contribution < -0.4 is 10.6 Å². The molecule has 1 aliphatic heterocycles. The van der Waals surface area contributed by atoms with E-state index in [9.17, 15) is 0 Å². The smallest absolute Gasteiger partial charge is 0.191 e. The van der Waals surface area contributed by atoms with Crippen LogP contribution in [0.4, 0.5) is 0 Å². The van der Waals surface area contributed by atoms with Crippen molar-refractivity contribution in [3.8, 4) is 5.69 Å². The van der Waals surface area contributed by atoms with Gasteiger partial charge in [-0.25, -0.2) is 4.68 Å². The van der Waals surface area contributed by atoms with Gasteiger partial charge in [0.2, 0.25) is 0 Å². The SMILES string of the molecule is CCNC(=NCC1CN(C)CCN1C)NCCc1ccc(-n2cccn2)cc1.I. The maximum Gasteiger partial charge on any atom is 0.191 e. The molecule has 1 atom stereocenters. The number of hydrogen-bond acceptors (Lipinski definition) is 4. The van der Waals surface area contributed by atoms with E-state index in [0.717, 1.165) is 57.3 Å². The fourth-order valence-electron chi connectivity index (χ4n) is 3.40. The average Bonchev–Trinajstić information content (AvgIpc) is 3.24. The molecule has 29 heavy (non-hydrogen) atoms. The Kier molecular flexibility index (Phi) is 9.89. The largest absolute Gasteiger partial charge is 0.357 e. The molecule has 1 unspecified atom stereocenters. The highest BCUT2D eigenvalue weighted by Crippen LogP contribution is 2.09. The van der Waals surface area contributed by atoms with E-state index in [4.69, 9.17) is 4.99 Å². The lowest BCUT2D eigenvalue weighted by atomic mass is 10.1. The van der Waals surface area contributed by atoms with Crippen molar-refractivity contribution in [1.82, 2.24) is 30.2 Å². The number of halogens is 1. The third kappa shape index (κ3) is 7.27. The lowest BCUT2D eigenvalue weighted by Gasteiger charge is -2.36. The van der Waals surface area contributed by atoms with Gasteiger partial charge in [-0.3, -0.25) is 9.89 Å². The van der Waals surface area contributed by atoms with E-state index in [1.165, 1.54) is 5.56 Å². The number of hydrogen-bond donors (Lipinski definition) is 2. The summed E-state index contributed by atoms with van der Waals surface area (Å²) in [4.78, 5) is 9.61. The monoisotopic (exact) mass is 511 g/mol. The Morgan fingerprint density at radius 3 is 2.66 bits per heavy atom. The van der Waals surface area contributed by atoms with Crippen LogP contribution in [0, 0.1) is 0 Å². The van der Waals surface area contributed by atoms with E-state index in [1.807, 2.05) is 16.9 Å². The van der Waals surface area contributed by atoms with Gasteiger partial charge < -0.3 is 15.5 Å². The molecule has 1 saturated heterocycles. The highest BCUT2D eigenvalue weighted by molar-refractivity contribution is 14.0. The minimum absolute atomic E-state index is 0. The first kappa shape index (κ1) is 23.6. The molecule has 0 aliphatic carbocycles. The summed E-state index contributed by atoms with van der Waals surface area (Å²) in [5.41, 5.74) is 2.38. The molecule has 2 N–H and O–H groups in total. The summed E-state index contributed by atoms with van der Waals surface area (Å²) in [6.45, 7) is 7.95.